The summed E-state index contributed by atoms with van der Waals surface area (Å²) in [7, 11) is 0. The number of Topliss-reactive ketones (excluding diaryl/α,β-unsaturated/α-hetero) is 1. The highest BCUT2D eigenvalue weighted by atomic mass is 35.5. The van der Waals surface area contributed by atoms with Gasteiger partial charge < -0.3 is 0 Å². The minimum Gasteiger partial charge on any atom is -0.297 e. The summed E-state index contributed by atoms with van der Waals surface area (Å²) >= 11 is 19.0. The summed E-state index contributed by atoms with van der Waals surface area (Å²) in [5.41, 5.74) is 1.59. The zero-order chi connectivity index (χ0) is 31.8. The highest BCUT2D eigenvalue weighted by molar-refractivity contribution is 6.39. The predicted octanol–water partition coefficient (Wildman–Crippen LogP) is 8.84. The molecule has 5 aromatic carbocycles. The Morgan fingerprint density at radius 2 is 0.804 bits per heavy atom. The Hall–Kier alpha value is -4.48. The SMILES string of the molecule is O=C1[C@H]2[C@H](C(=O)N1c1ccc(Cl)cc1)[C@]1(c3ccc(Cl)cc3)C(=O)[C@]2(c2ccc(Cl)cc2)C(c2ccccc2)=C1c1ccccc1. The third-order valence-corrected chi connectivity index (χ3v) is 10.6. The maximum atomic E-state index is 15.9. The molecule has 2 fully saturated rings. The van der Waals surface area contributed by atoms with E-state index in [1.165, 1.54) is 4.90 Å². The summed E-state index contributed by atoms with van der Waals surface area (Å²) in [5, 5.41) is 1.47. The van der Waals surface area contributed by atoms with Crippen LogP contribution in [0.2, 0.25) is 15.1 Å². The monoisotopic (exact) mass is 659 g/mol. The van der Waals surface area contributed by atoms with Crippen molar-refractivity contribution in [3.8, 4) is 0 Å². The van der Waals surface area contributed by atoms with Gasteiger partial charge in [-0.2, -0.15) is 0 Å². The fraction of sp³-hybridized carbons (Fsp3) is 0.103. The largest absolute Gasteiger partial charge is 0.297 e. The summed E-state index contributed by atoms with van der Waals surface area (Å²) in [6.45, 7) is 0. The first-order chi connectivity index (χ1) is 22.3. The van der Waals surface area contributed by atoms with Gasteiger partial charge in [0.2, 0.25) is 11.8 Å². The van der Waals surface area contributed by atoms with Gasteiger partial charge in [-0.1, -0.05) is 120 Å². The molecule has 8 rings (SSSR count). The van der Waals surface area contributed by atoms with Crippen LogP contribution in [0.4, 0.5) is 5.69 Å². The van der Waals surface area contributed by atoms with E-state index in [9.17, 15) is 9.59 Å². The van der Waals surface area contributed by atoms with Gasteiger partial charge in [0.25, 0.3) is 0 Å². The first-order valence-corrected chi connectivity index (χ1v) is 16.0. The number of ketones is 1. The topological polar surface area (TPSA) is 54.5 Å². The van der Waals surface area contributed by atoms with Crippen LogP contribution in [0, 0.1) is 11.8 Å². The van der Waals surface area contributed by atoms with Gasteiger partial charge in [0.1, 0.15) is 0 Å². The van der Waals surface area contributed by atoms with Crippen LogP contribution in [-0.2, 0) is 25.2 Å². The third kappa shape index (κ3) is 3.72. The molecule has 3 aliphatic rings. The second-order valence-corrected chi connectivity index (χ2v) is 13.2. The van der Waals surface area contributed by atoms with Crippen LogP contribution < -0.4 is 4.90 Å². The number of halogens is 3. The van der Waals surface area contributed by atoms with Crippen molar-refractivity contribution in [3.63, 3.8) is 0 Å². The molecule has 2 bridgehead atoms. The van der Waals surface area contributed by atoms with Gasteiger partial charge in [0.15, 0.2) is 5.78 Å². The number of anilines is 1. The van der Waals surface area contributed by atoms with Gasteiger partial charge in [-0.3, -0.25) is 14.4 Å². The Labute approximate surface area is 280 Å². The normalized spacial score (nSPS) is 25.0. The number of amides is 2. The molecule has 2 aliphatic carbocycles. The number of carbonyl (C=O) groups excluding carboxylic acids is 3. The lowest BCUT2D eigenvalue weighted by Crippen LogP contribution is -2.45. The number of rotatable bonds is 5. The molecule has 1 saturated carbocycles. The quantitative estimate of drug-likeness (QED) is 0.177. The molecule has 0 N–H and O–H groups in total. The van der Waals surface area contributed by atoms with Crippen molar-refractivity contribution < 1.29 is 14.4 Å². The summed E-state index contributed by atoms with van der Waals surface area (Å²) in [6, 6.07) is 40.2. The van der Waals surface area contributed by atoms with Gasteiger partial charge in [0, 0.05) is 15.1 Å². The fourth-order valence-corrected chi connectivity index (χ4v) is 8.58. The minimum atomic E-state index is -1.52. The van der Waals surface area contributed by atoms with E-state index in [4.69, 9.17) is 34.8 Å². The van der Waals surface area contributed by atoms with Gasteiger partial charge in [-0.15, -0.1) is 0 Å². The number of imide groups is 1. The molecule has 1 aliphatic heterocycles. The fourth-order valence-electron chi connectivity index (χ4n) is 8.20. The van der Waals surface area contributed by atoms with E-state index in [0.717, 1.165) is 11.1 Å². The predicted molar refractivity (Wildman–Crippen MR) is 182 cm³/mol. The molecule has 0 unspecified atom stereocenters. The van der Waals surface area contributed by atoms with E-state index in [-0.39, 0.29) is 5.78 Å². The summed E-state index contributed by atoms with van der Waals surface area (Å²) in [6.07, 6.45) is 0. The lowest BCUT2D eigenvalue weighted by molar-refractivity contribution is -0.130. The lowest BCUT2D eigenvalue weighted by atomic mass is 9.59. The Morgan fingerprint density at radius 1 is 0.457 bits per heavy atom. The van der Waals surface area contributed by atoms with Gasteiger partial charge in [0.05, 0.1) is 28.4 Å². The van der Waals surface area contributed by atoms with Gasteiger partial charge >= 0.3 is 0 Å². The molecular formula is C39H24Cl3NO3. The maximum Gasteiger partial charge on any atom is 0.239 e. The number of allylic oxidation sites excluding steroid dienone is 2. The molecule has 0 spiro atoms. The number of nitrogens with zero attached hydrogens (tertiary/aromatic N) is 1. The lowest BCUT2D eigenvalue weighted by Gasteiger charge is -2.39. The molecule has 1 saturated heterocycles. The van der Waals surface area contributed by atoms with Crippen LogP contribution in [0.25, 0.3) is 11.1 Å². The third-order valence-electron chi connectivity index (χ3n) is 9.80. The smallest absolute Gasteiger partial charge is 0.239 e. The van der Waals surface area contributed by atoms with E-state index in [1.807, 2.05) is 84.9 Å². The standard InChI is InChI=1S/C39H24Cl3NO3/c40-27-15-11-25(12-16-27)38-31(23-7-3-1-4-8-23)32(24-9-5-2-6-10-24)39(37(38)46,26-13-17-28(41)18-14-26)34-33(38)35(44)43(36(34)45)30-21-19-29(42)20-22-30/h1-22,33-34H/t33-,34-,38-,39-/m1/s1. The molecule has 46 heavy (non-hydrogen) atoms. The molecule has 4 atom stereocenters. The maximum absolute atomic E-state index is 15.9. The van der Waals surface area contributed by atoms with Crippen LogP contribution in [0.15, 0.2) is 133 Å². The number of hydrogen-bond acceptors (Lipinski definition) is 3. The zero-order valence-corrected chi connectivity index (χ0v) is 26.4. The van der Waals surface area contributed by atoms with Crippen LogP contribution in [-0.4, -0.2) is 17.6 Å². The molecule has 0 radical (unpaired) electrons. The second-order valence-electron chi connectivity index (χ2n) is 11.9. The summed E-state index contributed by atoms with van der Waals surface area (Å²) in [4.78, 5) is 47.1. The molecule has 5 aromatic rings. The van der Waals surface area contributed by atoms with Crippen LogP contribution in [0.5, 0.6) is 0 Å². The van der Waals surface area contributed by atoms with E-state index in [0.29, 0.717) is 43.0 Å². The summed E-state index contributed by atoms with van der Waals surface area (Å²) in [5.74, 6) is -3.16. The van der Waals surface area contributed by atoms with Crippen molar-refractivity contribution in [3.05, 3.63) is 171 Å². The second kappa shape index (κ2) is 10.5. The molecule has 224 valence electrons. The van der Waals surface area contributed by atoms with Gasteiger partial charge in [-0.05, 0) is 81.9 Å². The molecular weight excluding hydrogens is 637 g/mol. The molecule has 1 heterocycles. The van der Waals surface area contributed by atoms with E-state index in [1.54, 1.807) is 48.5 Å². The van der Waals surface area contributed by atoms with Crippen LogP contribution >= 0.6 is 34.8 Å². The first-order valence-electron chi connectivity index (χ1n) is 14.9. The molecule has 4 nitrogen and oxygen atoms in total. The zero-order valence-electron chi connectivity index (χ0n) is 24.2. The molecule has 0 aromatic heterocycles. The highest BCUT2D eigenvalue weighted by Crippen LogP contribution is 2.74. The van der Waals surface area contributed by atoms with Crippen LogP contribution in [0.1, 0.15) is 22.3 Å². The first kappa shape index (κ1) is 29.0. The van der Waals surface area contributed by atoms with Crippen molar-refractivity contribution in [1.29, 1.82) is 0 Å². The number of benzene rings is 5. The molecule has 7 heteroatoms. The Morgan fingerprint density at radius 3 is 1.17 bits per heavy atom. The van der Waals surface area contributed by atoms with Gasteiger partial charge in [-0.25, -0.2) is 4.90 Å². The summed E-state index contributed by atoms with van der Waals surface area (Å²) < 4.78 is 0. The minimum absolute atomic E-state index is 0.213. The van der Waals surface area contributed by atoms with E-state index < -0.39 is 34.5 Å². The molecule has 2 amide bonds. The van der Waals surface area contributed by atoms with Crippen molar-refractivity contribution >= 4 is 69.2 Å². The number of fused-ring (bicyclic) bond motifs is 5. The van der Waals surface area contributed by atoms with Crippen molar-refractivity contribution in [2.45, 2.75) is 10.8 Å². The van der Waals surface area contributed by atoms with Crippen LogP contribution in [0.3, 0.4) is 0 Å². The average molecular weight is 661 g/mol. The van der Waals surface area contributed by atoms with Crippen molar-refractivity contribution in [2.75, 3.05) is 4.90 Å². The Balaban J connectivity index is 1.56. The number of carbonyl (C=O) groups is 3. The Kier molecular flexibility index (Phi) is 6.63. The van der Waals surface area contributed by atoms with E-state index in [2.05, 4.69) is 0 Å². The highest BCUT2D eigenvalue weighted by Gasteiger charge is 2.82. The average Bonchev–Trinajstić information content (AvgIpc) is 3.58. The van der Waals surface area contributed by atoms with Crippen molar-refractivity contribution in [1.82, 2.24) is 0 Å². The van der Waals surface area contributed by atoms with E-state index >= 15 is 4.79 Å². The van der Waals surface area contributed by atoms with Crippen molar-refractivity contribution in [2.24, 2.45) is 11.8 Å². The number of hydrogen-bond donors (Lipinski definition) is 0. The Bertz CT molecular complexity index is 1950.